The van der Waals surface area contributed by atoms with Crippen LogP contribution in [0.2, 0.25) is 0 Å². The lowest BCUT2D eigenvalue weighted by atomic mass is 9.96. The van der Waals surface area contributed by atoms with E-state index in [1.54, 1.807) is 0 Å². The van der Waals surface area contributed by atoms with E-state index in [1.165, 1.54) is 0 Å². The molecule has 78 heavy (non-hydrogen) atoms. The highest BCUT2D eigenvalue weighted by Gasteiger charge is 2.25. The van der Waals surface area contributed by atoms with E-state index in [9.17, 15) is 10.5 Å². The summed E-state index contributed by atoms with van der Waals surface area (Å²) in [7, 11) is 0. The second kappa shape index (κ2) is 18.9. The van der Waals surface area contributed by atoms with Crippen molar-refractivity contribution < 1.29 is 0 Å². The Hall–Kier alpha value is -11.2. The summed E-state index contributed by atoms with van der Waals surface area (Å²) in [5.41, 5.74) is 13.0. The summed E-state index contributed by atoms with van der Waals surface area (Å²) in [4.78, 5) is 30.2. The monoisotopic (exact) mass is 996 g/mol. The Kier molecular flexibility index (Phi) is 11.0. The molecular weight excluding hydrogens is 957 g/mol. The molecule has 0 saturated heterocycles. The molecule has 0 unspecified atom stereocenters. The van der Waals surface area contributed by atoms with Gasteiger partial charge in [-0.15, -0.1) is 0 Å². The smallest absolute Gasteiger partial charge is 0.164 e. The molecule has 10 nitrogen and oxygen atoms in total. The molecular formula is C68H40N10. The summed E-state index contributed by atoms with van der Waals surface area (Å²) < 4.78 is 4.49. The first-order valence-electron chi connectivity index (χ1n) is 25.5. The van der Waals surface area contributed by atoms with Crippen LogP contribution in [0.15, 0.2) is 243 Å². The zero-order valence-electron chi connectivity index (χ0n) is 41.6. The second-order valence-corrected chi connectivity index (χ2v) is 18.9. The van der Waals surface area contributed by atoms with Crippen molar-refractivity contribution in [2.75, 3.05) is 0 Å². The number of aromatic nitrogens is 8. The van der Waals surface area contributed by atoms with Crippen molar-refractivity contribution in [1.29, 1.82) is 10.5 Å². The van der Waals surface area contributed by atoms with Crippen LogP contribution in [-0.2, 0) is 0 Å². The van der Waals surface area contributed by atoms with Gasteiger partial charge in [0.15, 0.2) is 34.9 Å². The van der Waals surface area contributed by atoms with Gasteiger partial charge in [-0.25, -0.2) is 29.9 Å². The van der Waals surface area contributed by atoms with Crippen LogP contribution >= 0.6 is 0 Å². The summed E-state index contributed by atoms with van der Waals surface area (Å²) in [5.74, 6) is 3.40. The summed E-state index contributed by atoms with van der Waals surface area (Å²) in [6, 6.07) is 85.7. The molecule has 0 aliphatic carbocycles. The van der Waals surface area contributed by atoms with Gasteiger partial charge >= 0.3 is 0 Å². The van der Waals surface area contributed by atoms with Gasteiger partial charge in [0.2, 0.25) is 0 Å². The lowest BCUT2D eigenvalue weighted by Gasteiger charge is -2.21. The molecule has 0 atom stereocenters. The van der Waals surface area contributed by atoms with Gasteiger partial charge in [-0.3, -0.25) is 0 Å². The first-order chi connectivity index (χ1) is 38.6. The van der Waals surface area contributed by atoms with Crippen LogP contribution in [-0.4, -0.2) is 39.0 Å². The molecule has 0 bridgehead atoms. The highest BCUT2D eigenvalue weighted by Crippen LogP contribution is 2.44. The largest absolute Gasteiger partial charge is 0.308 e. The molecule has 14 aromatic rings. The Labute approximate surface area is 447 Å². The lowest BCUT2D eigenvalue weighted by molar-refractivity contribution is 1.07. The van der Waals surface area contributed by atoms with Crippen LogP contribution < -0.4 is 0 Å². The van der Waals surface area contributed by atoms with Crippen LogP contribution in [0.3, 0.4) is 0 Å². The molecule has 14 rings (SSSR count). The molecule has 10 aromatic carbocycles. The molecule has 0 N–H and O–H groups in total. The summed E-state index contributed by atoms with van der Waals surface area (Å²) in [5, 5.41) is 25.4. The standard InChI is InChI=1S/C68H40N10/c69-41-43-18-17-27-49(36-43)62-60(77-56-30-15-13-28-52(56)54-39-50(32-34-58(54)77)67-73-63(45-19-5-1-6-20-45)71-64(74-67)46-21-7-2-8-22-46)37-44(42-70)38-61(62)78-57-31-16-14-29-53(57)55-40-51(33-35-59(55)78)68-75-65(47-23-9-3-10-24-47)72-66(76-68)48-25-11-4-12-26-48/h1-40H. The fourth-order valence-corrected chi connectivity index (χ4v) is 10.7. The van der Waals surface area contributed by atoms with Gasteiger partial charge < -0.3 is 9.13 Å². The van der Waals surface area contributed by atoms with E-state index in [1.807, 2.05) is 182 Å². The SMILES string of the molecule is N#Cc1cccc(-c2c(-n3c4ccccc4c4cc(-c5nc(-c6ccccc6)nc(-c6ccccc6)n5)ccc43)cc(C#N)cc2-n2c3ccccc3c3cc(-c4nc(-c5ccccc5)nc(-c5ccccc5)n4)ccc32)c1. The maximum Gasteiger partial charge on any atom is 0.164 e. The first kappa shape index (κ1) is 45.4. The number of nitrogens with zero attached hydrogens (tertiary/aromatic N) is 10. The van der Waals surface area contributed by atoms with Crippen molar-refractivity contribution in [3.63, 3.8) is 0 Å². The van der Waals surface area contributed by atoms with Gasteiger partial charge in [-0.05, 0) is 78.4 Å². The Morgan fingerprint density at radius 3 is 0.974 bits per heavy atom. The zero-order chi connectivity index (χ0) is 52.1. The minimum absolute atomic E-state index is 0.462. The third-order valence-electron chi connectivity index (χ3n) is 14.2. The first-order valence-corrected chi connectivity index (χ1v) is 25.5. The molecule has 362 valence electrons. The fraction of sp³-hybridized carbons (Fsp3) is 0. The Morgan fingerprint density at radius 2 is 0.590 bits per heavy atom. The molecule has 0 amide bonds. The molecule has 0 aliphatic rings. The maximum absolute atomic E-state index is 11.1. The summed E-state index contributed by atoms with van der Waals surface area (Å²) in [6.07, 6.45) is 0. The second-order valence-electron chi connectivity index (χ2n) is 18.9. The number of hydrogen-bond acceptors (Lipinski definition) is 8. The molecule has 0 aliphatic heterocycles. The number of rotatable bonds is 9. The van der Waals surface area contributed by atoms with Crippen LogP contribution in [0, 0.1) is 22.7 Å². The van der Waals surface area contributed by atoms with Crippen LogP contribution in [0.5, 0.6) is 0 Å². The van der Waals surface area contributed by atoms with E-state index in [2.05, 4.69) is 81.9 Å². The van der Waals surface area contributed by atoms with E-state index >= 15 is 0 Å². The van der Waals surface area contributed by atoms with Crippen LogP contribution in [0.4, 0.5) is 0 Å². The third kappa shape index (κ3) is 7.89. The normalized spacial score (nSPS) is 11.3. The van der Waals surface area contributed by atoms with Crippen molar-refractivity contribution in [2.24, 2.45) is 0 Å². The van der Waals surface area contributed by atoms with Crippen LogP contribution in [0.1, 0.15) is 11.1 Å². The molecule has 0 radical (unpaired) electrons. The van der Waals surface area contributed by atoms with E-state index in [4.69, 9.17) is 29.9 Å². The minimum Gasteiger partial charge on any atom is -0.308 e. The van der Waals surface area contributed by atoms with Crippen molar-refractivity contribution in [3.05, 3.63) is 254 Å². The van der Waals surface area contributed by atoms with E-state index in [-0.39, 0.29) is 0 Å². The predicted molar refractivity (Wildman–Crippen MR) is 309 cm³/mol. The Balaban J connectivity index is 1.00. The fourth-order valence-electron chi connectivity index (χ4n) is 10.7. The number of hydrogen-bond donors (Lipinski definition) is 0. The molecule has 0 saturated carbocycles. The number of para-hydroxylation sites is 2. The zero-order valence-corrected chi connectivity index (χ0v) is 41.6. The molecule has 4 heterocycles. The van der Waals surface area contributed by atoms with E-state index < -0.39 is 0 Å². The van der Waals surface area contributed by atoms with Crippen LogP contribution in [0.25, 0.3) is 134 Å². The quantitative estimate of drug-likeness (QED) is 0.139. The van der Waals surface area contributed by atoms with Gasteiger partial charge in [-0.2, -0.15) is 10.5 Å². The molecule has 4 aromatic heterocycles. The van der Waals surface area contributed by atoms with E-state index in [0.29, 0.717) is 46.1 Å². The van der Waals surface area contributed by atoms with Crippen molar-refractivity contribution in [3.8, 4) is 103 Å². The number of nitriles is 2. The molecule has 10 heteroatoms. The summed E-state index contributed by atoms with van der Waals surface area (Å²) in [6.45, 7) is 0. The van der Waals surface area contributed by atoms with Gasteiger partial charge in [0.1, 0.15) is 0 Å². The molecule has 0 spiro atoms. The van der Waals surface area contributed by atoms with Gasteiger partial charge in [0, 0.05) is 60.5 Å². The van der Waals surface area contributed by atoms with Crippen molar-refractivity contribution in [1.82, 2.24) is 39.0 Å². The van der Waals surface area contributed by atoms with E-state index in [0.717, 1.165) is 99.5 Å². The molecule has 0 fully saturated rings. The average Bonchev–Trinajstić information content (AvgIpc) is 4.20. The Morgan fingerprint density at radius 1 is 0.256 bits per heavy atom. The summed E-state index contributed by atoms with van der Waals surface area (Å²) >= 11 is 0. The minimum atomic E-state index is 0.462. The topological polar surface area (TPSA) is 135 Å². The third-order valence-corrected chi connectivity index (χ3v) is 14.2. The highest BCUT2D eigenvalue weighted by molar-refractivity contribution is 6.13. The Bertz CT molecular complexity index is 4370. The number of benzene rings is 10. The van der Waals surface area contributed by atoms with Gasteiger partial charge in [0.05, 0.1) is 56.7 Å². The number of fused-ring (bicyclic) bond motifs is 6. The maximum atomic E-state index is 11.1. The lowest BCUT2D eigenvalue weighted by Crippen LogP contribution is -2.05. The average molecular weight is 997 g/mol. The van der Waals surface area contributed by atoms with Crippen molar-refractivity contribution in [2.45, 2.75) is 0 Å². The predicted octanol–water partition coefficient (Wildman–Crippen LogP) is 15.7. The van der Waals surface area contributed by atoms with Gasteiger partial charge in [0.25, 0.3) is 0 Å². The van der Waals surface area contributed by atoms with Gasteiger partial charge in [-0.1, -0.05) is 170 Å². The highest BCUT2D eigenvalue weighted by atomic mass is 15.1. The van der Waals surface area contributed by atoms with Crippen molar-refractivity contribution >= 4 is 43.6 Å².